The van der Waals surface area contributed by atoms with E-state index < -0.39 is 5.09 Å². The molecular formula is CH5NO3Ti. The Hall–Kier alpha value is -0.0857. The molecule has 0 bridgehead atoms. The van der Waals surface area contributed by atoms with Gasteiger partial charge in [-0.25, -0.2) is 0 Å². The monoisotopic (exact) mass is 127 g/mol. The first kappa shape index (κ1) is 16.8. The van der Waals surface area contributed by atoms with Gasteiger partial charge in [-0.2, -0.15) is 0 Å². The Balaban J connectivity index is -0.0000000450. The van der Waals surface area contributed by atoms with Crippen molar-refractivity contribution in [1.82, 2.24) is 0 Å². The first-order valence-corrected chi connectivity index (χ1v) is 0.565. The molecule has 0 amide bonds. The van der Waals surface area contributed by atoms with Crippen LogP contribution in [0.3, 0.4) is 0 Å². The van der Waals surface area contributed by atoms with Gasteiger partial charge in [-0.1, -0.05) is 7.43 Å². The first-order valence-electron chi connectivity index (χ1n) is 0.565. The van der Waals surface area contributed by atoms with Crippen molar-refractivity contribution < 1.29 is 32.0 Å². The molecule has 4 nitrogen and oxygen atoms in total. The van der Waals surface area contributed by atoms with Crippen molar-refractivity contribution in [3.05, 3.63) is 10.1 Å². The van der Waals surface area contributed by atoms with Crippen molar-refractivity contribution in [2.45, 2.75) is 7.43 Å². The van der Waals surface area contributed by atoms with Gasteiger partial charge in [0.05, 0.1) is 0 Å². The molecule has 0 aliphatic heterocycles. The SMILES string of the molecule is C.O=[N+]([O-])O.[Ti]. The van der Waals surface area contributed by atoms with E-state index in [0.29, 0.717) is 0 Å². The van der Waals surface area contributed by atoms with E-state index >= 15 is 0 Å². The summed E-state index contributed by atoms with van der Waals surface area (Å²) in [6.45, 7) is 0. The Morgan fingerprint density at radius 2 is 1.67 bits per heavy atom. The Bertz CT molecular complexity index is 33.8. The summed E-state index contributed by atoms with van der Waals surface area (Å²) in [6.07, 6.45) is 0. The molecule has 5 heteroatoms. The molecule has 36 valence electrons. The molecule has 0 saturated heterocycles. The average molecular weight is 127 g/mol. The molecule has 0 aromatic rings. The van der Waals surface area contributed by atoms with E-state index in [1.54, 1.807) is 0 Å². The largest absolute Gasteiger partial charge is 0.328 e. The van der Waals surface area contributed by atoms with Crippen molar-refractivity contribution in [3.63, 3.8) is 0 Å². The summed E-state index contributed by atoms with van der Waals surface area (Å²) < 4.78 is 0. The van der Waals surface area contributed by atoms with Gasteiger partial charge in [-0.15, -0.1) is 10.1 Å². The number of hydrogen-bond acceptors (Lipinski definition) is 2. The van der Waals surface area contributed by atoms with Crippen molar-refractivity contribution in [3.8, 4) is 0 Å². The Morgan fingerprint density at radius 3 is 1.67 bits per heavy atom. The Labute approximate surface area is 50.2 Å². The number of hydrogen-bond donors (Lipinski definition) is 1. The van der Waals surface area contributed by atoms with Gasteiger partial charge >= 0.3 is 0 Å². The van der Waals surface area contributed by atoms with Gasteiger partial charge in [0.15, 0.2) is 0 Å². The molecule has 6 heavy (non-hydrogen) atoms. The topological polar surface area (TPSA) is 63.4 Å². The quantitative estimate of drug-likeness (QED) is 0.289. The Morgan fingerprint density at radius 1 is 1.67 bits per heavy atom. The van der Waals surface area contributed by atoms with Crippen LogP contribution in [-0.4, -0.2) is 10.3 Å². The van der Waals surface area contributed by atoms with Gasteiger partial charge in [-0.05, 0) is 0 Å². The summed E-state index contributed by atoms with van der Waals surface area (Å²) in [4.78, 5) is 8.36. The molecule has 0 fully saturated rings. The van der Waals surface area contributed by atoms with Crippen LogP contribution in [0.25, 0.3) is 0 Å². The fraction of sp³-hybridized carbons (Fsp3) is 1.00. The Kier molecular flexibility index (Phi) is 24.8. The molecule has 0 radical (unpaired) electrons. The van der Waals surface area contributed by atoms with Crippen molar-refractivity contribution in [2.75, 3.05) is 0 Å². The zero-order valence-electron chi connectivity index (χ0n) is 2.21. The van der Waals surface area contributed by atoms with Crippen LogP contribution in [-0.2, 0) is 21.7 Å². The summed E-state index contributed by atoms with van der Waals surface area (Å²) in [5.41, 5.74) is 0. The molecule has 0 aliphatic rings. The van der Waals surface area contributed by atoms with Crippen LogP contribution in [0.1, 0.15) is 7.43 Å². The molecular weight excluding hydrogens is 122 g/mol. The van der Waals surface area contributed by atoms with Crippen LogP contribution in [0.4, 0.5) is 0 Å². The predicted molar refractivity (Wildman–Crippen MR) is 15.5 cm³/mol. The zero-order valence-corrected chi connectivity index (χ0v) is 3.77. The van der Waals surface area contributed by atoms with E-state index in [1.165, 1.54) is 0 Å². The number of nitrogens with zero attached hydrogens (tertiary/aromatic N) is 1. The van der Waals surface area contributed by atoms with E-state index in [9.17, 15) is 0 Å². The predicted octanol–water partition coefficient (Wildman–Crippen LogP) is 0.286. The second-order valence-electron chi connectivity index (χ2n) is 0.238. The van der Waals surface area contributed by atoms with Gasteiger partial charge < -0.3 is 5.21 Å². The van der Waals surface area contributed by atoms with Crippen molar-refractivity contribution >= 4 is 0 Å². The normalized spacial score (nSPS) is 4.00. The second kappa shape index (κ2) is 8.87. The van der Waals surface area contributed by atoms with Crippen LogP contribution in [0, 0.1) is 10.1 Å². The molecule has 0 aromatic carbocycles. The fourth-order valence-electron chi connectivity index (χ4n) is 0. The molecule has 0 aliphatic carbocycles. The van der Waals surface area contributed by atoms with Crippen LogP contribution < -0.4 is 0 Å². The average Bonchev–Trinajstić information content (AvgIpc) is 0.811. The maximum atomic E-state index is 8.36. The van der Waals surface area contributed by atoms with Crippen LogP contribution in [0.15, 0.2) is 0 Å². The smallest absolute Gasteiger partial charge is 0.291 e. The van der Waals surface area contributed by atoms with Crippen LogP contribution in [0.5, 0.6) is 0 Å². The second-order valence-corrected chi connectivity index (χ2v) is 0.238. The van der Waals surface area contributed by atoms with Gasteiger partial charge in [-0.3, -0.25) is 0 Å². The molecule has 0 heterocycles. The van der Waals surface area contributed by atoms with Gasteiger partial charge in [0.1, 0.15) is 0 Å². The van der Waals surface area contributed by atoms with Crippen LogP contribution in [0.2, 0.25) is 0 Å². The van der Waals surface area contributed by atoms with Crippen LogP contribution >= 0.6 is 0 Å². The molecule has 0 saturated carbocycles. The van der Waals surface area contributed by atoms with E-state index in [2.05, 4.69) is 0 Å². The van der Waals surface area contributed by atoms with Gasteiger partial charge in [0.25, 0.3) is 5.09 Å². The molecule has 0 atom stereocenters. The van der Waals surface area contributed by atoms with E-state index in [4.69, 9.17) is 15.3 Å². The maximum Gasteiger partial charge on any atom is 0.291 e. The summed E-state index contributed by atoms with van der Waals surface area (Å²) in [7, 11) is 0. The maximum absolute atomic E-state index is 8.36. The minimum absolute atomic E-state index is 0. The van der Waals surface area contributed by atoms with E-state index in [1.807, 2.05) is 0 Å². The minimum Gasteiger partial charge on any atom is -0.328 e. The third kappa shape index (κ3) is 4520. The standard InChI is InChI=1S/CH4.HNO3.Ti/c;2-1(3)4;/h1H4;(H,2,3,4);. The summed E-state index contributed by atoms with van der Waals surface area (Å²) >= 11 is 0. The molecule has 0 spiro atoms. The minimum atomic E-state index is -1.50. The van der Waals surface area contributed by atoms with E-state index in [0.717, 1.165) is 0 Å². The molecule has 0 unspecified atom stereocenters. The molecule has 1 N–H and O–H groups in total. The van der Waals surface area contributed by atoms with Gasteiger partial charge in [0, 0.05) is 21.7 Å². The third-order valence-corrected chi connectivity index (χ3v) is 0. The van der Waals surface area contributed by atoms with Crippen molar-refractivity contribution in [1.29, 1.82) is 0 Å². The van der Waals surface area contributed by atoms with Gasteiger partial charge in [0.2, 0.25) is 0 Å². The summed E-state index contributed by atoms with van der Waals surface area (Å²) in [5, 5.41) is 13.6. The zero-order chi connectivity index (χ0) is 3.58. The number of rotatable bonds is 0. The fourth-order valence-corrected chi connectivity index (χ4v) is 0. The van der Waals surface area contributed by atoms with Crippen molar-refractivity contribution in [2.24, 2.45) is 0 Å². The molecule has 0 aromatic heterocycles. The van der Waals surface area contributed by atoms with E-state index in [-0.39, 0.29) is 29.1 Å². The molecule has 0 rings (SSSR count). The first-order chi connectivity index (χ1) is 1.73. The summed E-state index contributed by atoms with van der Waals surface area (Å²) in [6, 6.07) is 0. The summed E-state index contributed by atoms with van der Waals surface area (Å²) in [5.74, 6) is 0. The third-order valence-electron chi connectivity index (χ3n) is 0.